The average Bonchev–Trinajstić information content (AvgIpc) is 2.46. The number of hydrogen-bond acceptors (Lipinski definition) is 4. The number of rotatable bonds is 3. The van der Waals surface area contributed by atoms with E-state index in [1.165, 1.54) is 17.3 Å². The van der Waals surface area contributed by atoms with Gasteiger partial charge in [-0.3, -0.25) is 19.4 Å². The van der Waals surface area contributed by atoms with Gasteiger partial charge in [0, 0.05) is 31.0 Å². The van der Waals surface area contributed by atoms with Crippen LogP contribution in [0.15, 0.2) is 24.5 Å². The molecule has 0 aliphatic carbocycles. The van der Waals surface area contributed by atoms with E-state index in [9.17, 15) is 14.4 Å². The third kappa shape index (κ3) is 2.76. The third-order valence-corrected chi connectivity index (χ3v) is 3.46. The van der Waals surface area contributed by atoms with Crippen LogP contribution in [0, 0.1) is 11.8 Å². The Hall–Kier alpha value is -2.44. The molecule has 1 aromatic heterocycles. The van der Waals surface area contributed by atoms with E-state index in [4.69, 9.17) is 10.2 Å². The van der Waals surface area contributed by atoms with E-state index in [1.54, 1.807) is 12.1 Å². The van der Waals surface area contributed by atoms with E-state index < -0.39 is 23.8 Å². The summed E-state index contributed by atoms with van der Waals surface area (Å²) in [5.41, 5.74) is 0.415. The van der Waals surface area contributed by atoms with Gasteiger partial charge in [-0.05, 0) is 18.6 Å². The Morgan fingerprint density at radius 2 is 1.70 bits per heavy atom. The van der Waals surface area contributed by atoms with Crippen molar-refractivity contribution in [2.45, 2.75) is 6.42 Å². The number of carboxylic acid groups (broad SMARTS) is 2. The van der Waals surface area contributed by atoms with Gasteiger partial charge in [-0.25, -0.2) is 0 Å². The van der Waals surface area contributed by atoms with Crippen molar-refractivity contribution in [1.82, 2.24) is 9.88 Å². The summed E-state index contributed by atoms with van der Waals surface area (Å²) in [7, 11) is 0. The van der Waals surface area contributed by atoms with E-state index in [0.29, 0.717) is 5.56 Å². The van der Waals surface area contributed by atoms with Gasteiger partial charge in [0.05, 0.1) is 11.8 Å². The summed E-state index contributed by atoms with van der Waals surface area (Å²) in [6.45, 7) is 0.148. The third-order valence-electron chi connectivity index (χ3n) is 3.46. The van der Waals surface area contributed by atoms with Crippen LogP contribution in [0.5, 0.6) is 0 Å². The van der Waals surface area contributed by atoms with E-state index >= 15 is 0 Å². The molecule has 2 rings (SSSR count). The molecule has 0 bridgehead atoms. The number of carboxylic acids is 2. The largest absolute Gasteiger partial charge is 0.481 e. The van der Waals surface area contributed by atoms with Crippen molar-refractivity contribution >= 4 is 17.8 Å². The number of carbonyl (C=O) groups excluding carboxylic acids is 1. The van der Waals surface area contributed by atoms with Crippen molar-refractivity contribution in [2.24, 2.45) is 11.8 Å². The van der Waals surface area contributed by atoms with Crippen molar-refractivity contribution in [3.8, 4) is 0 Å². The van der Waals surface area contributed by atoms with Crippen molar-refractivity contribution in [1.29, 1.82) is 0 Å². The Kier molecular flexibility index (Phi) is 3.97. The standard InChI is InChI=1S/C13H14N2O5/c16-11(8-1-4-14-5-2-8)15-6-3-9(12(17)18)10(7-15)13(19)20/h1-2,4-5,9-10H,3,6-7H2,(H,17,18)(H,19,20). The first-order valence-corrected chi connectivity index (χ1v) is 6.15. The van der Waals surface area contributed by atoms with Gasteiger partial charge in [-0.1, -0.05) is 0 Å². The van der Waals surface area contributed by atoms with E-state index in [-0.39, 0.29) is 25.4 Å². The molecule has 2 N–H and O–H groups in total. The summed E-state index contributed by atoms with van der Waals surface area (Å²) in [5.74, 6) is -4.65. The number of aromatic nitrogens is 1. The molecule has 106 valence electrons. The average molecular weight is 278 g/mol. The lowest BCUT2D eigenvalue weighted by Crippen LogP contribution is -2.48. The van der Waals surface area contributed by atoms with E-state index in [1.807, 2.05) is 0 Å². The van der Waals surface area contributed by atoms with Gasteiger partial charge in [0.25, 0.3) is 5.91 Å². The SMILES string of the molecule is O=C(O)C1CCN(C(=O)c2ccncc2)CC1C(=O)O. The number of amides is 1. The highest BCUT2D eigenvalue weighted by Crippen LogP contribution is 2.25. The van der Waals surface area contributed by atoms with Crippen LogP contribution < -0.4 is 0 Å². The highest BCUT2D eigenvalue weighted by Gasteiger charge is 2.40. The first-order valence-electron chi connectivity index (χ1n) is 6.15. The van der Waals surface area contributed by atoms with Crippen molar-refractivity contribution in [3.63, 3.8) is 0 Å². The van der Waals surface area contributed by atoms with Crippen LogP contribution in [0.3, 0.4) is 0 Å². The maximum absolute atomic E-state index is 12.2. The molecular weight excluding hydrogens is 264 g/mol. The molecule has 2 atom stereocenters. The first-order chi connectivity index (χ1) is 9.50. The number of piperidine rings is 1. The Bertz CT molecular complexity index is 531. The summed E-state index contributed by atoms with van der Waals surface area (Å²) < 4.78 is 0. The molecule has 0 saturated carbocycles. The van der Waals surface area contributed by atoms with Crippen LogP contribution in [0.25, 0.3) is 0 Å². The van der Waals surface area contributed by atoms with Crippen LogP contribution in [0.2, 0.25) is 0 Å². The van der Waals surface area contributed by atoms with Crippen LogP contribution in [0.1, 0.15) is 16.8 Å². The molecule has 1 amide bonds. The highest BCUT2D eigenvalue weighted by atomic mass is 16.4. The lowest BCUT2D eigenvalue weighted by atomic mass is 9.85. The minimum absolute atomic E-state index is 0.0898. The second-order valence-electron chi connectivity index (χ2n) is 4.67. The summed E-state index contributed by atoms with van der Waals surface area (Å²) in [6, 6.07) is 3.09. The molecule has 1 aromatic rings. The van der Waals surface area contributed by atoms with Gasteiger partial charge >= 0.3 is 11.9 Å². The predicted molar refractivity (Wildman–Crippen MR) is 67.0 cm³/mol. The lowest BCUT2D eigenvalue weighted by Gasteiger charge is -2.34. The van der Waals surface area contributed by atoms with Crippen LogP contribution in [0.4, 0.5) is 0 Å². The zero-order valence-electron chi connectivity index (χ0n) is 10.6. The maximum Gasteiger partial charge on any atom is 0.309 e. The Morgan fingerprint density at radius 3 is 2.25 bits per heavy atom. The van der Waals surface area contributed by atoms with Gasteiger partial charge in [-0.15, -0.1) is 0 Å². The highest BCUT2D eigenvalue weighted by molar-refractivity contribution is 5.94. The molecule has 1 aliphatic heterocycles. The summed E-state index contributed by atoms with van der Waals surface area (Å²) in [5, 5.41) is 18.1. The molecule has 1 fully saturated rings. The van der Waals surface area contributed by atoms with E-state index in [2.05, 4.69) is 4.98 Å². The van der Waals surface area contributed by atoms with Gasteiger partial charge in [0.2, 0.25) is 0 Å². The Balaban J connectivity index is 2.15. The van der Waals surface area contributed by atoms with Crippen molar-refractivity contribution < 1.29 is 24.6 Å². The fraction of sp³-hybridized carbons (Fsp3) is 0.385. The number of aliphatic carboxylic acids is 2. The Morgan fingerprint density at radius 1 is 1.10 bits per heavy atom. The molecule has 2 unspecified atom stereocenters. The smallest absolute Gasteiger partial charge is 0.309 e. The lowest BCUT2D eigenvalue weighted by molar-refractivity contribution is -0.156. The van der Waals surface area contributed by atoms with Gasteiger partial charge in [0.1, 0.15) is 0 Å². The molecule has 1 aliphatic rings. The summed E-state index contributed by atoms with van der Waals surface area (Å²) in [6.07, 6.45) is 3.10. The summed E-state index contributed by atoms with van der Waals surface area (Å²) in [4.78, 5) is 39.6. The van der Waals surface area contributed by atoms with Gasteiger partial charge in [0.15, 0.2) is 0 Å². The zero-order valence-corrected chi connectivity index (χ0v) is 10.6. The van der Waals surface area contributed by atoms with Crippen molar-refractivity contribution in [2.75, 3.05) is 13.1 Å². The molecule has 20 heavy (non-hydrogen) atoms. The number of nitrogens with zero attached hydrogens (tertiary/aromatic N) is 2. The first kappa shape index (κ1) is 14.0. The number of hydrogen-bond donors (Lipinski definition) is 2. The topological polar surface area (TPSA) is 108 Å². The van der Waals surface area contributed by atoms with Gasteiger partial charge in [-0.2, -0.15) is 0 Å². The monoisotopic (exact) mass is 278 g/mol. The molecule has 0 spiro atoms. The minimum Gasteiger partial charge on any atom is -0.481 e. The number of pyridine rings is 1. The van der Waals surface area contributed by atoms with Crippen molar-refractivity contribution in [3.05, 3.63) is 30.1 Å². The van der Waals surface area contributed by atoms with Crippen LogP contribution in [-0.4, -0.2) is 51.0 Å². The van der Waals surface area contributed by atoms with Crippen LogP contribution >= 0.6 is 0 Å². The fourth-order valence-corrected chi connectivity index (χ4v) is 2.36. The molecule has 7 heteroatoms. The minimum atomic E-state index is -1.19. The maximum atomic E-state index is 12.2. The van der Waals surface area contributed by atoms with Gasteiger partial charge < -0.3 is 15.1 Å². The summed E-state index contributed by atoms with van der Waals surface area (Å²) >= 11 is 0. The molecule has 0 aromatic carbocycles. The molecule has 1 saturated heterocycles. The predicted octanol–water partition coefficient (Wildman–Crippen LogP) is 0.329. The second-order valence-corrected chi connectivity index (χ2v) is 4.67. The fourth-order valence-electron chi connectivity index (χ4n) is 2.36. The molecule has 0 radical (unpaired) electrons. The molecule has 7 nitrogen and oxygen atoms in total. The molecular formula is C13H14N2O5. The number of likely N-dealkylation sites (tertiary alicyclic amines) is 1. The zero-order chi connectivity index (χ0) is 14.7. The quantitative estimate of drug-likeness (QED) is 0.824. The second kappa shape index (κ2) is 5.68. The van der Waals surface area contributed by atoms with E-state index in [0.717, 1.165) is 0 Å². The normalized spacial score (nSPS) is 22.3. The number of carbonyl (C=O) groups is 3. The molecule has 2 heterocycles. The Labute approximate surface area is 114 Å². The van der Waals surface area contributed by atoms with Crippen LogP contribution in [-0.2, 0) is 9.59 Å².